The van der Waals surface area contributed by atoms with Gasteiger partial charge >= 0.3 is 5.97 Å². The van der Waals surface area contributed by atoms with Gasteiger partial charge in [-0.05, 0) is 32.3 Å². The van der Waals surface area contributed by atoms with Crippen molar-refractivity contribution in [2.45, 2.75) is 47.6 Å². The van der Waals surface area contributed by atoms with Gasteiger partial charge in [0.2, 0.25) is 11.7 Å². The first kappa shape index (κ1) is 25.0. The van der Waals surface area contributed by atoms with Gasteiger partial charge in [-0.3, -0.25) is 9.59 Å². The Hall–Kier alpha value is -3.29. The van der Waals surface area contributed by atoms with Crippen molar-refractivity contribution in [2.24, 2.45) is 5.92 Å². The summed E-state index contributed by atoms with van der Waals surface area (Å²) in [4.78, 5) is 37.1. The maximum absolute atomic E-state index is 12.8. The van der Waals surface area contributed by atoms with Crippen molar-refractivity contribution in [1.29, 1.82) is 0 Å². The highest BCUT2D eigenvalue weighted by Crippen LogP contribution is 2.34. The van der Waals surface area contributed by atoms with Crippen molar-refractivity contribution in [3.8, 4) is 11.5 Å². The Morgan fingerprint density at radius 1 is 1.00 bits per heavy atom. The Balaban J connectivity index is 2.21. The molecule has 32 heavy (non-hydrogen) atoms. The number of ketones is 1. The normalized spacial score (nSPS) is 10.8. The number of aryl methyl sites for hydroxylation is 1. The molecule has 0 aliphatic rings. The first-order valence-corrected chi connectivity index (χ1v) is 10.5. The fourth-order valence-electron chi connectivity index (χ4n) is 3.44. The smallest absolute Gasteiger partial charge is 0.340 e. The summed E-state index contributed by atoms with van der Waals surface area (Å²) in [6.45, 7) is 9.90. The van der Waals surface area contributed by atoms with Gasteiger partial charge in [-0.25, -0.2) is 4.79 Å². The number of amides is 1. The Labute approximate surface area is 188 Å². The monoisotopic (exact) mass is 444 g/mol. The van der Waals surface area contributed by atoms with Gasteiger partial charge < -0.3 is 24.1 Å². The molecule has 0 radical (unpaired) electrons. The summed E-state index contributed by atoms with van der Waals surface area (Å²) in [5.74, 6) is -0.210. The third-order valence-electron chi connectivity index (χ3n) is 5.19. The molecular weight excluding hydrogens is 412 g/mol. The number of benzene rings is 1. The highest BCUT2D eigenvalue weighted by molar-refractivity contribution is 6.04. The van der Waals surface area contributed by atoms with E-state index in [0.29, 0.717) is 23.0 Å². The zero-order valence-corrected chi connectivity index (χ0v) is 19.8. The molecule has 1 heterocycles. The van der Waals surface area contributed by atoms with Crippen LogP contribution in [-0.2, 0) is 16.1 Å². The maximum atomic E-state index is 12.8. The number of nitrogens with one attached hydrogen (secondary N) is 1. The highest BCUT2D eigenvalue weighted by Gasteiger charge is 2.22. The highest BCUT2D eigenvalue weighted by atomic mass is 16.5. The van der Waals surface area contributed by atoms with Gasteiger partial charge in [0, 0.05) is 42.6 Å². The zero-order chi connectivity index (χ0) is 24.0. The average molecular weight is 445 g/mol. The van der Waals surface area contributed by atoms with E-state index in [9.17, 15) is 14.4 Å². The molecular formula is C24H32N2O6. The lowest BCUT2D eigenvalue weighted by Gasteiger charge is -2.14. The maximum Gasteiger partial charge on any atom is 0.340 e. The summed E-state index contributed by atoms with van der Waals surface area (Å²) in [5, 5.41) is 2.58. The molecule has 0 saturated heterocycles. The van der Waals surface area contributed by atoms with Crippen LogP contribution in [0.1, 0.15) is 59.3 Å². The molecule has 0 fully saturated rings. The van der Waals surface area contributed by atoms with Gasteiger partial charge in [0.05, 0.1) is 25.5 Å². The molecule has 0 unspecified atom stereocenters. The first-order valence-electron chi connectivity index (χ1n) is 10.5. The number of hydrogen-bond acceptors (Lipinski definition) is 6. The lowest BCUT2D eigenvalue weighted by Crippen LogP contribution is -2.18. The van der Waals surface area contributed by atoms with E-state index in [2.05, 4.69) is 23.7 Å². The number of ether oxygens (including phenoxy) is 3. The number of rotatable bonds is 10. The third-order valence-corrected chi connectivity index (χ3v) is 5.19. The van der Waals surface area contributed by atoms with Crippen LogP contribution < -0.4 is 14.8 Å². The van der Waals surface area contributed by atoms with Crippen LogP contribution >= 0.6 is 0 Å². The molecule has 0 aliphatic heterocycles. The van der Waals surface area contributed by atoms with Crippen molar-refractivity contribution in [1.82, 2.24) is 4.57 Å². The van der Waals surface area contributed by atoms with E-state index in [-0.39, 0.29) is 22.9 Å². The number of esters is 1. The lowest BCUT2D eigenvalue weighted by molar-refractivity contribution is -0.114. The number of methoxy groups -OCH3 is 2. The fraction of sp³-hybridized carbons (Fsp3) is 0.458. The Morgan fingerprint density at radius 3 is 2.19 bits per heavy atom. The van der Waals surface area contributed by atoms with Gasteiger partial charge in [0.1, 0.15) is 0 Å². The molecule has 1 N–H and O–H groups in total. The molecule has 174 valence electrons. The number of carbonyl (C=O) groups excluding carboxylic acids is 3. The van der Waals surface area contributed by atoms with E-state index in [1.54, 1.807) is 0 Å². The van der Waals surface area contributed by atoms with E-state index < -0.39 is 12.6 Å². The molecule has 8 heteroatoms. The first-order chi connectivity index (χ1) is 15.1. The zero-order valence-electron chi connectivity index (χ0n) is 19.8. The minimum absolute atomic E-state index is 0.0630. The summed E-state index contributed by atoms with van der Waals surface area (Å²) >= 11 is 0. The van der Waals surface area contributed by atoms with E-state index in [1.165, 1.54) is 33.3 Å². The van der Waals surface area contributed by atoms with Gasteiger partial charge in [0.25, 0.3) is 0 Å². The molecule has 0 bridgehead atoms. The van der Waals surface area contributed by atoms with Gasteiger partial charge in [-0.15, -0.1) is 0 Å². The van der Waals surface area contributed by atoms with E-state index >= 15 is 0 Å². The Kier molecular flexibility index (Phi) is 8.46. The van der Waals surface area contributed by atoms with E-state index in [0.717, 1.165) is 24.4 Å². The van der Waals surface area contributed by atoms with Crippen LogP contribution in [0, 0.1) is 19.8 Å². The standard InChI is InChI=1S/C24H32N2O6/c1-14(2)8-9-26-15(3)10-18(16(26)4)21(28)13-32-24(29)19-11-22(30-6)23(31-7)12-20(19)25-17(5)27/h10-12,14H,8-9,13H2,1-7H3,(H,25,27). The largest absolute Gasteiger partial charge is 0.493 e. The minimum atomic E-state index is -0.753. The molecule has 1 amide bonds. The van der Waals surface area contributed by atoms with Crippen LogP contribution in [0.4, 0.5) is 5.69 Å². The molecule has 1 aromatic heterocycles. The Bertz CT molecular complexity index is 1010. The van der Waals surface area contributed by atoms with Crippen LogP contribution in [0.5, 0.6) is 11.5 Å². The number of aromatic nitrogens is 1. The molecule has 0 spiro atoms. The molecule has 0 aliphatic carbocycles. The third kappa shape index (κ3) is 5.90. The van der Waals surface area contributed by atoms with Crippen molar-refractivity contribution in [2.75, 3.05) is 26.1 Å². The summed E-state index contributed by atoms with van der Waals surface area (Å²) in [5.41, 5.74) is 2.65. The summed E-state index contributed by atoms with van der Waals surface area (Å²) in [7, 11) is 2.88. The second kappa shape index (κ2) is 10.8. The van der Waals surface area contributed by atoms with Crippen LogP contribution in [-0.4, -0.2) is 43.1 Å². The number of hydrogen-bond donors (Lipinski definition) is 1. The van der Waals surface area contributed by atoms with Crippen LogP contribution in [0.25, 0.3) is 0 Å². The van der Waals surface area contributed by atoms with Crippen molar-refractivity contribution in [3.05, 3.63) is 40.7 Å². The van der Waals surface area contributed by atoms with Crippen molar-refractivity contribution in [3.63, 3.8) is 0 Å². The van der Waals surface area contributed by atoms with Gasteiger partial charge in [-0.2, -0.15) is 0 Å². The van der Waals surface area contributed by atoms with Gasteiger partial charge in [0.15, 0.2) is 18.1 Å². The number of Topliss-reactive ketones (excluding diaryl/α,β-unsaturated/α-hetero) is 1. The Morgan fingerprint density at radius 2 is 1.62 bits per heavy atom. The number of carbonyl (C=O) groups is 3. The second-order valence-corrected chi connectivity index (χ2v) is 8.05. The SMILES string of the molecule is COc1cc(NC(C)=O)c(C(=O)OCC(=O)c2cc(C)n(CCC(C)C)c2C)cc1OC. The molecule has 2 rings (SSSR count). The van der Waals surface area contributed by atoms with Crippen molar-refractivity contribution >= 4 is 23.3 Å². The molecule has 0 saturated carbocycles. The summed E-state index contributed by atoms with van der Waals surface area (Å²) in [6.07, 6.45) is 1.00. The van der Waals surface area contributed by atoms with E-state index in [1.807, 2.05) is 19.9 Å². The molecule has 1 aromatic carbocycles. The topological polar surface area (TPSA) is 95.9 Å². The molecule has 2 aromatic rings. The molecule has 0 atom stereocenters. The summed E-state index contributed by atoms with van der Waals surface area (Å²) < 4.78 is 17.9. The van der Waals surface area contributed by atoms with Crippen LogP contribution in [0.2, 0.25) is 0 Å². The predicted molar refractivity (Wildman–Crippen MR) is 122 cm³/mol. The molecule has 8 nitrogen and oxygen atoms in total. The van der Waals surface area contributed by atoms with Crippen molar-refractivity contribution < 1.29 is 28.6 Å². The lowest BCUT2D eigenvalue weighted by atomic mass is 10.1. The predicted octanol–water partition coefficient (Wildman–Crippen LogP) is 4.17. The average Bonchev–Trinajstić information content (AvgIpc) is 3.02. The van der Waals surface area contributed by atoms with Gasteiger partial charge in [-0.1, -0.05) is 13.8 Å². The van der Waals surface area contributed by atoms with Crippen LogP contribution in [0.15, 0.2) is 18.2 Å². The van der Waals surface area contributed by atoms with E-state index in [4.69, 9.17) is 14.2 Å². The van der Waals surface area contributed by atoms with Crippen LogP contribution in [0.3, 0.4) is 0 Å². The fourth-order valence-corrected chi connectivity index (χ4v) is 3.44. The minimum Gasteiger partial charge on any atom is -0.493 e. The quantitative estimate of drug-likeness (QED) is 0.437. The number of nitrogens with zero attached hydrogens (tertiary/aromatic N) is 1. The second-order valence-electron chi connectivity index (χ2n) is 8.05. The number of anilines is 1. The summed E-state index contributed by atoms with van der Waals surface area (Å²) in [6, 6.07) is 4.71.